The van der Waals surface area contributed by atoms with E-state index in [-0.39, 0.29) is 5.69 Å². The van der Waals surface area contributed by atoms with E-state index in [0.29, 0.717) is 17.7 Å². The summed E-state index contributed by atoms with van der Waals surface area (Å²) >= 11 is 3.32. The molecule has 130 valence electrons. The molecule has 0 aliphatic rings. The minimum atomic E-state index is -0.651. The molecule has 8 nitrogen and oxygen atoms in total. The second-order valence-electron chi connectivity index (χ2n) is 4.82. The van der Waals surface area contributed by atoms with Gasteiger partial charge in [0.2, 0.25) is 5.75 Å². The number of anilines is 1. The van der Waals surface area contributed by atoms with Crippen molar-refractivity contribution in [2.75, 3.05) is 12.4 Å². The van der Waals surface area contributed by atoms with E-state index in [1.165, 1.54) is 11.6 Å². The fourth-order valence-corrected chi connectivity index (χ4v) is 2.30. The molecule has 0 amide bonds. The van der Waals surface area contributed by atoms with E-state index in [2.05, 4.69) is 35.9 Å². The lowest BCUT2D eigenvalue weighted by Gasteiger charge is -2.09. The number of carbonyl (C=O) groups is 1. The maximum Gasteiger partial charge on any atom is 0.296 e. The summed E-state index contributed by atoms with van der Waals surface area (Å²) in [5.41, 5.74) is 0.669. The monoisotopic (exact) mass is 406 g/mol. The van der Waals surface area contributed by atoms with Crippen LogP contribution in [-0.2, 0) is 7.05 Å². The van der Waals surface area contributed by atoms with Crippen molar-refractivity contribution in [1.82, 2.24) is 14.7 Å². The Morgan fingerprint density at radius 3 is 2.68 bits per heavy atom. The second kappa shape index (κ2) is 8.25. The Kier molecular flexibility index (Phi) is 6.07. The van der Waals surface area contributed by atoms with Gasteiger partial charge in [-0.2, -0.15) is 0 Å². The molecule has 0 spiro atoms. The normalized spacial score (nSPS) is 9.88. The van der Waals surface area contributed by atoms with E-state index in [4.69, 9.17) is 0 Å². The van der Waals surface area contributed by atoms with Crippen LogP contribution in [0.2, 0.25) is 0 Å². The summed E-state index contributed by atoms with van der Waals surface area (Å²) in [6.07, 6.45) is 3.51. The van der Waals surface area contributed by atoms with Gasteiger partial charge in [0, 0.05) is 24.1 Å². The highest BCUT2D eigenvalue weighted by Gasteiger charge is 2.14. The van der Waals surface area contributed by atoms with Crippen LogP contribution in [0.15, 0.2) is 50.5 Å². The van der Waals surface area contributed by atoms with Crippen LogP contribution >= 0.6 is 15.9 Å². The zero-order chi connectivity index (χ0) is 18.4. The molecule has 3 aromatic rings. The van der Waals surface area contributed by atoms with E-state index in [1.54, 1.807) is 30.7 Å². The van der Waals surface area contributed by atoms with E-state index >= 15 is 0 Å². The Bertz CT molecular complexity index is 922. The SMILES string of the molecule is CNc1cnoc1.Cn1c(-c2cccc(Br)c2)nc(C=O)c(O)c1=O. The predicted octanol–water partition coefficient (Wildman–Crippen LogP) is 2.44. The van der Waals surface area contributed by atoms with Crippen LogP contribution < -0.4 is 10.9 Å². The van der Waals surface area contributed by atoms with Crippen molar-refractivity contribution >= 4 is 27.9 Å². The Labute approximate surface area is 151 Å². The average molecular weight is 407 g/mol. The molecule has 0 unspecified atom stereocenters. The van der Waals surface area contributed by atoms with Crippen molar-refractivity contribution in [3.05, 3.63) is 57.2 Å². The van der Waals surface area contributed by atoms with Crippen LogP contribution in [0.1, 0.15) is 10.5 Å². The number of aromatic nitrogens is 3. The summed E-state index contributed by atoms with van der Waals surface area (Å²) in [7, 11) is 3.30. The topological polar surface area (TPSA) is 110 Å². The van der Waals surface area contributed by atoms with Crippen molar-refractivity contribution in [3.8, 4) is 17.1 Å². The molecule has 1 aromatic carbocycles. The van der Waals surface area contributed by atoms with Gasteiger partial charge in [0.05, 0.1) is 11.9 Å². The van der Waals surface area contributed by atoms with Gasteiger partial charge in [0.15, 0.2) is 12.0 Å². The lowest BCUT2D eigenvalue weighted by molar-refractivity contribution is 0.111. The van der Waals surface area contributed by atoms with Crippen LogP contribution in [-0.4, -0.2) is 33.1 Å². The van der Waals surface area contributed by atoms with Gasteiger partial charge < -0.3 is 14.9 Å². The molecule has 2 aromatic heterocycles. The second-order valence-corrected chi connectivity index (χ2v) is 5.74. The van der Waals surface area contributed by atoms with Gasteiger partial charge in [-0.05, 0) is 12.1 Å². The minimum Gasteiger partial charge on any atom is -0.501 e. The Morgan fingerprint density at radius 2 is 2.16 bits per heavy atom. The van der Waals surface area contributed by atoms with Gasteiger partial charge >= 0.3 is 0 Å². The standard InChI is InChI=1S/C12H9BrN2O3.C4H6N2O/c1-15-11(7-3-2-4-8(13)5-7)14-9(6-16)10(17)12(15)18;1-5-4-2-6-7-3-4/h2-6,17H,1H3;2-3,5H,1H3. The fourth-order valence-electron chi connectivity index (χ4n) is 1.90. The zero-order valence-corrected chi connectivity index (χ0v) is 15.0. The highest BCUT2D eigenvalue weighted by Crippen LogP contribution is 2.21. The maximum absolute atomic E-state index is 11.7. The number of halogens is 1. The van der Waals surface area contributed by atoms with E-state index in [1.807, 2.05) is 13.1 Å². The smallest absolute Gasteiger partial charge is 0.296 e. The number of nitrogens with one attached hydrogen (secondary N) is 1. The third-order valence-electron chi connectivity index (χ3n) is 3.21. The number of nitrogens with zero attached hydrogens (tertiary/aromatic N) is 3. The van der Waals surface area contributed by atoms with Gasteiger partial charge in [-0.3, -0.25) is 14.2 Å². The third kappa shape index (κ3) is 4.32. The third-order valence-corrected chi connectivity index (χ3v) is 3.70. The molecule has 9 heteroatoms. The molecule has 0 fully saturated rings. The van der Waals surface area contributed by atoms with Crippen LogP contribution in [0.5, 0.6) is 5.75 Å². The summed E-state index contributed by atoms with van der Waals surface area (Å²) in [6, 6.07) is 7.16. The molecule has 2 heterocycles. The number of hydrogen-bond acceptors (Lipinski definition) is 7. The summed E-state index contributed by atoms with van der Waals surface area (Å²) < 4.78 is 6.52. The summed E-state index contributed by atoms with van der Waals surface area (Å²) in [5.74, 6) is -0.313. The maximum atomic E-state index is 11.7. The molecule has 0 radical (unpaired) electrons. The first kappa shape index (κ1) is 18.4. The Morgan fingerprint density at radius 1 is 1.40 bits per heavy atom. The molecule has 0 bridgehead atoms. The van der Waals surface area contributed by atoms with E-state index in [0.717, 1.165) is 10.2 Å². The van der Waals surface area contributed by atoms with Gasteiger partial charge in [-0.1, -0.05) is 33.2 Å². The number of aromatic hydroxyl groups is 1. The molecule has 3 rings (SSSR count). The van der Waals surface area contributed by atoms with Crippen LogP contribution in [0.3, 0.4) is 0 Å². The minimum absolute atomic E-state index is 0.256. The number of aldehydes is 1. The van der Waals surface area contributed by atoms with Gasteiger partial charge in [0.1, 0.15) is 12.1 Å². The molecule has 0 aliphatic carbocycles. The van der Waals surface area contributed by atoms with Crippen molar-refractivity contribution in [1.29, 1.82) is 0 Å². The van der Waals surface area contributed by atoms with Gasteiger partial charge in [-0.25, -0.2) is 4.98 Å². The summed E-state index contributed by atoms with van der Waals surface area (Å²) in [4.78, 5) is 26.5. The van der Waals surface area contributed by atoms with E-state index in [9.17, 15) is 14.7 Å². The number of carbonyl (C=O) groups excluding carboxylic acids is 1. The lowest BCUT2D eigenvalue weighted by atomic mass is 10.2. The molecular weight excluding hydrogens is 392 g/mol. The van der Waals surface area contributed by atoms with Crippen LogP contribution in [0.4, 0.5) is 5.69 Å². The number of hydrogen-bond donors (Lipinski definition) is 2. The molecule has 0 aliphatic heterocycles. The number of benzene rings is 1. The zero-order valence-electron chi connectivity index (χ0n) is 13.4. The Balaban J connectivity index is 0.000000269. The van der Waals surface area contributed by atoms with Gasteiger partial charge in [-0.15, -0.1) is 0 Å². The van der Waals surface area contributed by atoms with Crippen molar-refractivity contribution < 1.29 is 14.4 Å². The summed E-state index contributed by atoms with van der Waals surface area (Å²) in [6.45, 7) is 0. The first-order valence-electron chi connectivity index (χ1n) is 7.06. The molecule has 0 saturated carbocycles. The lowest BCUT2D eigenvalue weighted by Crippen LogP contribution is -2.21. The highest BCUT2D eigenvalue weighted by atomic mass is 79.9. The molecule has 0 atom stereocenters. The molecule has 0 saturated heterocycles. The number of rotatable bonds is 3. The largest absolute Gasteiger partial charge is 0.501 e. The quantitative estimate of drug-likeness (QED) is 0.642. The first-order valence-corrected chi connectivity index (χ1v) is 7.85. The molecule has 2 N–H and O–H groups in total. The first-order chi connectivity index (χ1) is 12.0. The Hall–Kier alpha value is -2.94. The average Bonchev–Trinajstić information content (AvgIpc) is 3.14. The van der Waals surface area contributed by atoms with Gasteiger partial charge in [0.25, 0.3) is 5.56 Å². The highest BCUT2D eigenvalue weighted by molar-refractivity contribution is 9.10. The van der Waals surface area contributed by atoms with Crippen molar-refractivity contribution in [3.63, 3.8) is 0 Å². The molecular formula is C16H15BrN4O4. The van der Waals surface area contributed by atoms with Crippen molar-refractivity contribution in [2.24, 2.45) is 7.05 Å². The predicted molar refractivity (Wildman–Crippen MR) is 95.7 cm³/mol. The van der Waals surface area contributed by atoms with Crippen LogP contribution in [0.25, 0.3) is 11.4 Å². The molecule has 25 heavy (non-hydrogen) atoms. The summed E-state index contributed by atoms with van der Waals surface area (Å²) in [5, 5.41) is 15.8. The fraction of sp³-hybridized carbons (Fsp3) is 0.125. The van der Waals surface area contributed by atoms with E-state index < -0.39 is 11.3 Å². The van der Waals surface area contributed by atoms with Crippen molar-refractivity contribution in [2.45, 2.75) is 0 Å². The van der Waals surface area contributed by atoms with Crippen LogP contribution in [0, 0.1) is 0 Å².